The molecule has 0 atom stereocenters. The lowest BCUT2D eigenvalue weighted by Crippen LogP contribution is -2.11. The fraction of sp³-hybridized carbons (Fsp3) is 0.0714. The van der Waals surface area contributed by atoms with E-state index in [-0.39, 0.29) is 11.6 Å². The topological polar surface area (TPSA) is 59.1 Å². The SMILES string of the molecule is Cc1cc(C(=N)N)ccc1Oc1ccc(Br)cc1F. The normalized spacial score (nSPS) is 10.3. The fourth-order valence-electron chi connectivity index (χ4n) is 1.61. The number of benzene rings is 2. The van der Waals surface area contributed by atoms with Gasteiger partial charge in [0, 0.05) is 10.0 Å². The molecular formula is C14H12BrFN2O. The molecule has 0 aromatic heterocycles. The van der Waals surface area contributed by atoms with E-state index in [0.29, 0.717) is 15.8 Å². The lowest BCUT2D eigenvalue weighted by molar-refractivity contribution is 0.439. The number of halogens is 2. The van der Waals surface area contributed by atoms with Gasteiger partial charge in [-0.1, -0.05) is 15.9 Å². The van der Waals surface area contributed by atoms with Crippen molar-refractivity contribution in [3.8, 4) is 11.5 Å². The minimum atomic E-state index is -0.440. The van der Waals surface area contributed by atoms with Gasteiger partial charge in [-0.3, -0.25) is 5.41 Å². The number of nitrogen functional groups attached to an aromatic ring is 1. The van der Waals surface area contributed by atoms with Gasteiger partial charge in [-0.15, -0.1) is 0 Å². The van der Waals surface area contributed by atoms with Crippen molar-refractivity contribution in [3.05, 3.63) is 57.8 Å². The maximum absolute atomic E-state index is 13.7. The van der Waals surface area contributed by atoms with Gasteiger partial charge >= 0.3 is 0 Å². The maximum atomic E-state index is 13.7. The third kappa shape index (κ3) is 3.12. The minimum absolute atomic E-state index is 0.00975. The van der Waals surface area contributed by atoms with Gasteiger partial charge in [0.15, 0.2) is 11.6 Å². The second-order valence-corrected chi connectivity index (χ2v) is 4.99. The lowest BCUT2D eigenvalue weighted by Gasteiger charge is -2.10. The summed E-state index contributed by atoms with van der Waals surface area (Å²) in [7, 11) is 0. The molecule has 0 saturated carbocycles. The van der Waals surface area contributed by atoms with Crippen molar-refractivity contribution in [3.63, 3.8) is 0 Å². The zero-order valence-electron chi connectivity index (χ0n) is 10.2. The number of ether oxygens (including phenoxy) is 1. The Hall–Kier alpha value is -1.88. The Kier molecular flexibility index (Phi) is 3.85. The predicted molar refractivity (Wildman–Crippen MR) is 76.4 cm³/mol. The number of hydrogen-bond donors (Lipinski definition) is 2. The van der Waals surface area contributed by atoms with Crippen LogP contribution >= 0.6 is 15.9 Å². The third-order valence-electron chi connectivity index (χ3n) is 2.60. The molecule has 0 heterocycles. The number of amidine groups is 1. The van der Waals surface area contributed by atoms with E-state index in [0.717, 1.165) is 5.56 Å². The molecule has 0 amide bonds. The molecule has 2 aromatic rings. The van der Waals surface area contributed by atoms with Crippen LogP contribution in [0.4, 0.5) is 4.39 Å². The first kappa shape index (κ1) is 13.5. The van der Waals surface area contributed by atoms with E-state index in [9.17, 15) is 4.39 Å². The lowest BCUT2D eigenvalue weighted by atomic mass is 10.1. The molecule has 98 valence electrons. The van der Waals surface area contributed by atoms with Crippen molar-refractivity contribution in [2.24, 2.45) is 5.73 Å². The van der Waals surface area contributed by atoms with Gasteiger partial charge in [-0.25, -0.2) is 4.39 Å². The van der Waals surface area contributed by atoms with E-state index in [1.807, 2.05) is 6.92 Å². The van der Waals surface area contributed by atoms with Crippen LogP contribution in [0.15, 0.2) is 40.9 Å². The molecule has 0 bridgehead atoms. The quantitative estimate of drug-likeness (QED) is 0.663. The van der Waals surface area contributed by atoms with Gasteiger partial charge in [0.25, 0.3) is 0 Å². The Bertz CT molecular complexity index is 643. The summed E-state index contributed by atoms with van der Waals surface area (Å²) < 4.78 is 19.8. The summed E-state index contributed by atoms with van der Waals surface area (Å²) in [6.45, 7) is 1.82. The first-order valence-electron chi connectivity index (χ1n) is 5.55. The second-order valence-electron chi connectivity index (χ2n) is 4.07. The molecular weight excluding hydrogens is 311 g/mol. The molecule has 0 aliphatic carbocycles. The van der Waals surface area contributed by atoms with Crippen molar-refractivity contribution in [2.45, 2.75) is 6.92 Å². The maximum Gasteiger partial charge on any atom is 0.166 e. The highest BCUT2D eigenvalue weighted by Gasteiger charge is 2.08. The van der Waals surface area contributed by atoms with E-state index >= 15 is 0 Å². The zero-order chi connectivity index (χ0) is 14.0. The van der Waals surface area contributed by atoms with Crippen LogP contribution < -0.4 is 10.5 Å². The third-order valence-corrected chi connectivity index (χ3v) is 3.09. The average Bonchev–Trinajstić information content (AvgIpc) is 2.34. The van der Waals surface area contributed by atoms with Gasteiger partial charge in [0.1, 0.15) is 11.6 Å². The summed E-state index contributed by atoms with van der Waals surface area (Å²) in [4.78, 5) is 0. The molecule has 0 radical (unpaired) electrons. The zero-order valence-corrected chi connectivity index (χ0v) is 11.8. The van der Waals surface area contributed by atoms with Crippen LogP contribution in [0, 0.1) is 18.2 Å². The highest BCUT2D eigenvalue weighted by molar-refractivity contribution is 9.10. The van der Waals surface area contributed by atoms with Crippen LogP contribution in [0.1, 0.15) is 11.1 Å². The van der Waals surface area contributed by atoms with E-state index in [2.05, 4.69) is 15.9 Å². The molecule has 19 heavy (non-hydrogen) atoms. The Morgan fingerprint density at radius 3 is 2.47 bits per heavy atom. The van der Waals surface area contributed by atoms with E-state index in [1.54, 1.807) is 30.3 Å². The summed E-state index contributed by atoms with van der Waals surface area (Å²) >= 11 is 3.19. The van der Waals surface area contributed by atoms with E-state index in [4.69, 9.17) is 15.9 Å². The summed E-state index contributed by atoms with van der Waals surface area (Å²) in [5, 5.41) is 7.35. The van der Waals surface area contributed by atoms with Gasteiger partial charge in [0.05, 0.1) is 0 Å². The Morgan fingerprint density at radius 2 is 1.89 bits per heavy atom. The number of nitrogens with two attached hydrogens (primary N) is 1. The summed E-state index contributed by atoms with van der Waals surface area (Å²) in [5.74, 6) is 0.238. The standard InChI is InChI=1S/C14H12BrFN2O/c1-8-6-9(14(17)18)2-4-12(8)19-13-5-3-10(15)7-11(13)16/h2-7H,1H3,(H3,17,18). The molecule has 0 aliphatic heterocycles. The Labute approximate surface area is 118 Å². The number of rotatable bonds is 3. The van der Waals surface area contributed by atoms with Gasteiger partial charge < -0.3 is 10.5 Å². The van der Waals surface area contributed by atoms with E-state index < -0.39 is 5.82 Å². The molecule has 3 N–H and O–H groups in total. The summed E-state index contributed by atoms with van der Waals surface area (Å²) in [6.07, 6.45) is 0. The van der Waals surface area contributed by atoms with Crippen LogP contribution in [-0.2, 0) is 0 Å². The van der Waals surface area contributed by atoms with Crippen LogP contribution in [0.3, 0.4) is 0 Å². The Balaban J connectivity index is 2.31. The monoisotopic (exact) mass is 322 g/mol. The molecule has 0 unspecified atom stereocenters. The summed E-state index contributed by atoms with van der Waals surface area (Å²) in [5.41, 5.74) is 6.80. The molecule has 2 aromatic carbocycles. The average molecular weight is 323 g/mol. The molecule has 3 nitrogen and oxygen atoms in total. The second kappa shape index (κ2) is 5.40. The van der Waals surface area contributed by atoms with Crippen LogP contribution in [0.25, 0.3) is 0 Å². The molecule has 0 aliphatic rings. The van der Waals surface area contributed by atoms with E-state index in [1.165, 1.54) is 6.07 Å². The predicted octanol–water partition coefficient (Wildman–Crippen LogP) is 3.97. The number of hydrogen-bond acceptors (Lipinski definition) is 2. The van der Waals surface area contributed by atoms with Gasteiger partial charge in [-0.05, 0) is 48.9 Å². The van der Waals surface area contributed by atoms with Crippen molar-refractivity contribution in [2.75, 3.05) is 0 Å². The van der Waals surface area contributed by atoms with Crippen molar-refractivity contribution in [1.82, 2.24) is 0 Å². The fourth-order valence-corrected chi connectivity index (χ4v) is 1.94. The van der Waals surface area contributed by atoms with Crippen LogP contribution in [0.2, 0.25) is 0 Å². The Morgan fingerprint density at radius 1 is 1.21 bits per heavy atom. The van der Waals surface area contributed by atoms with Crippen molar-refractivity contribution < 1.29 is 9.13 Å². The van der Waals surface area contributed by atoms with Crippen LogP contribution in [0.5, 0.6) is 11.5 Å². The molecule has 0 spiro atoms. The number of nitrogens with one attached hydrogen (secondary N) is 1. The molecule has 5 heteroatoms. The molecule has 2 rings (SSSR count). The van der Waals surface area contributed by atoms with Gasteiger partial charge in [-0.2, -0.15) is 0 Å². The molecule has 0 fully saturated rings. The van der Waals surface area contributed by atoms with Crippen LogP contribution in [-0.4, -0.2) is 5.84 Å². The highest BCUT2D eigenvalue weighted by atomic mass is 79.9. The van der Waals surface area contributed by atoms with Crippen molar-refractivity contribution >= 4 is 21.8 Å². The highest BCUT2D eigenvalue weighted by Crippen LogP contribution is 2.29. The first-order chi connectivity index (χ1) is 8.97. The summed E-state index contributed by atoms with van der Waals surface area (Å²) in [6, 6.07) is 9.67. The minimum Gasteiger partial charge on any atom is -0.454 e. The smallest absolute Gasteiger partial charge is 0.166 e. The number of aryl methyl sites for hydroxylation is 1. The van der Waals surface area contributed by atoms with Gasteiger partial charge in [0.2, 0.25) is 0 Å². The first-order valence-corrected chi connectivity index (χ1v) is 6.34. The van der Waals surface area contributed by atoms with Crippen molar-refractivity contribution in [1.29, 1.82) is 5.41 Å². The molecule has 0 saturated heterocycles. The largest absolute Gasteiger partial charge is 0.454 e.